The van der Waals surface area contributed by atoms with Gasteiger partial charge in [0.15, 0.2) is 6.29 Å². The molecule has 0 saturated heterocycles. The van der Waals surface area contributed by atoms with E-state index in [-0.39, 0.29) is 11.6 Å². The molecule has 0 fully saturated rings. The first kappa shape index (κ1) is 13.9. The predicted octanol–water partition coefficient (Wildman–Crippen LogP) is 1.91. The van der Waals surface area contributed by atoms with Crippen molar-refractivity contribution in [3.05, 3.63) is 41.2 Å². The van der Waals surface area contributed by atoms with E-state index in [1.807, 2.05) is 31.2 Å². The van der Waals surface area contributed by atoms with Crippen molar-refractivity contribution in [2.24, 2.45) is 0 Å². The summed E-state index contributed by atoms with van der Waals surface area (Å²) in [5.41, 5.74) is 2.57. The van der Waals surface area contributed by atoms with E-state index in [1.165, 1.54) is 4.68 Å². The lowest BCUT2D eigenvalue weighted by molar-refractivity contribution is -0.119. The van der Waals surface area contributed by atoms with Gasteiger partial charge in [0.25, 0.3) is 0 Å². The zero-order valence-electron chi connectivity index (χ0n) is 11.6. The molecule has 1 aromatic heterocycles. The summed E-state index contributed by atoms with van der Waals surface area (Å²) in [6, 6.07) is 6.98. The third-order valence-electron chi connectivity index (χ3n) is 3.22. The molecule has 0 radical (unpaired) electrons. The monoisotopic (exact) mass is 272 g/mol. The SMILES string of the molecule is Cc1ccccc1NC(=O)C(C)n1nnc(C=O)c1C. The van der Waals surface area contributed by atoms with Crippen molar-refractivity contribution < 1.29 is 9.59 Å². The summed E-state index contributed by atoms with van der Waals surface area (Å²) in [6.07, 6.45) is 0.630. The first-order chi connectivity index (χ1) is 9.54. The first-order valence-electron chi connectivity index (χ1n) is 6.28. The highest BCUT2D eigenvalue weighted by Gasteiger charge is 2.20. The molecule has 0 bridgehead atoms. The van der Waals surface area contributed by atoms with Gasteiger partial charge in [0.2, 0.25) is 5.91 Å². The zero-order chi connectivity index (χ0) is 14.7. The van der Waals surface area contributed by atoms with Crippen molar-refractivity contribution in [3.8, 4) is 0 Å². The third kappa shape index (κ3) is 2.59. The minimum absolute atomic E-state index is 0.204. The van der Waals surface area contributed by atoms with Gasteiger partial charge in [-0.25, -0.2) is 4.68 Å². The molecule has 1 N–H and O–H groups in total. The second-order valence-corrected chi connectivity index (χ2v) is 4.60. The topological polar surface area (TPSA) is 76.9 Å². The Morgan fingerprint density at radius 3 is 2.65 bits per heavy atom. The molecule has 1 amide bonds. The average molecular weight is 272 g/mol. The fourth-order valence-corrected chi connectivity index (χ4v) is 1.89. The number of rotatable bonds is 4. The number of benzene rings is 1. The van der Waals surface area contributed by atoms with Crippen LogP contribution in [0.15, 0.2) is 24.3 Å². The molecular weight excluding hydrogens is 256 g/mol. The third-order valence-corrected chi connectivity index (χ3v) is 3.22. The van der Waals surface area contributed by atoms with E-state index in [4.69, 9.17) is 0 Å². The Balaban J connectivity index is 2.19. The molecule has 1 heterocycles. The molecule has 1 aromatic carbocycles. The summed E-state index contributed by atoms with van der Waals surface area (Å²) in [5, 5.41) is 10.4. The summed E-state index contributed by atoms with van der Waals surface area (Å²) in [4.78, 5) is 23.0. The van der Waals surface area contributed by atoms with Gasteiger partial charge in [-0.15, -0.1) is 5.10 Å². The summed E-state index contributed by atoms with van der Waals surface area (Å²) in [7, 11) is 0. The van der Waals surface area contributed by atoms with Gasteiger partial charge in [-0.1, -0.05) is 23.4 Å². The number of nitrogens with one attached hydrogen (secondary N) is 1. The number of aryl methyl sites for hydroxylation is 1. The number of amides is 1. The Morgan fingerprint density at radius 2 is 2.05 bits per heavy atom. The lowest BCUT2D eigenvalue weighted by atomic mass is 10.2. The molecule has 2 rings (SSSR count). The quantitative estimate of drug-likeness (QED) is 0.862. The average Bonchev–Trinajstić information content (AvgIpc) is 2.81. The largest absolute Gasteiger partial charge is 0.324 e. The van der Waals surface area contributed by atoms with Crippen LogP contribution < -0.4 is 5.32 Å². The highest BCUT2D eigenvalue weighted by atomic mass is 16.2. The molecule has 0 spiro atoms. The van der Waals surface area contributed by atoms with Crippen molar-refractivity contribution in [2.75, 3.05) is 5.32 Å². The van der Waals surface area contributed by atoms with Crippen LogP contribution in [0, 0.1) is 13.8 Å². The van der Waals surface area contributed by atoms with E-state index in [0.29, 0.717) is 12.0 Å². The van der Waals surface area contributed by atoms with Crippen LogP contribution in [0.2, 0.25) is 0 Å². The Bertz CT molecular complexity index is 648. The lowest BCUT2D eigenvalue weighted by Crippen LogP contribution is -2.25. The number of carbonyl (C=O) groups excluding carboxylic acids is 2. The minimum Gasteiger partial charge on any atom is -0.324 e. The smallest absolute Gasteiger partial charge is 0.249 e. The number of para-hydroxylation sites is 1. The molecule has 0 aliphatic rings. The van der Waals surface area contributed by atoms with Gasteiger partial charge < -0.3 is 5.32 Å². The number of carbonyl (C=O) groups is 2. The molecule has 1 atom stereocenters. The molecule has 1 unspecified atom stereocenters. The van der Waals surface area contributed by atoms with E-state index >= 15 is 0 Å². The van der Waals surface area contributed by atoms with Crippen molar-refractivity contribution >= 4 is 17.9 Å². The molecular formula is C14H16N4O2. The first-order valence-corrected chi connectivity index (χ1v) is 6.28. The predicted molar refractivity (Wildman–Crippen MR) is 74.7 cm³/mol. The lowest BCUT2D eigenvalue weighted by Gasteiger charge is -2.14. The standard InChI is InChI=1S/C14H16N4O2/c1-9-6-4-5-7-12(9)15-14(20)11(3)18-10(2)13(8-19)16-17-18/h4-8,11H,1-3H3,(H,15,20). The molecule has 0 aliphatic heterocycles. The maximum absolute atomic E-state index is 12.2. The van der Waals surface area contributed by atoms with E-state index < -0.39 is 6.04 Å². The number of aldehydes is 1. The second-order valence-electron chi connectivity index (χ2n) is 4.60. The molecule has 20 heavy (non-hydrogen) atoms. The molecule has 2 aromatic rings. The van der Waals surface area contributed by atoms with Gasteiger partial charge in [0.05, 0.1) is 5.69 Å². The maximum Gasteiger partial charge on any atom is 0.249 e. The fraction of sp³-hybridized carbons (Fsp3) is 0.286. The zero-order valence-corrected chi connectivity index (χ0v) is 11.6. The molecule has 0 saturated carbocycles. The van der Waals surface area contributed by atoms with Crippen LogP contribution in [0.3, 0.4) is 0 Å². The normalized spacial score (nSPS) is 11.9. The molecule has 6 nitrogen and oxygen atoms in total. The van der Waals surface area contributed by atoms with Crippen LogP contribution in [-0.2, 0) is 4.79 Å². The molecule has 0 aliphatic carbocycles. The van der Waals surface area contributed by atoms with Crippen molar-refractivity contribution in [1.29, 1.82) is 0 Å². The summed E-state index contributed by atoms with van der Waals surface area (Å²) in [6.45, 7) is 5.34. The second kappa shape index (κ2) is 5.64. The molecule has 104 valence electrons. The Kier molecular flexibility index (Phi) is 3.93. The van der Waals surface area contributed by atoms with Gasteiger partial charge in [0.1, 0.15) is 11.7 Å². The van der Waals surface area contributed by atoms with Gasteiger partial charge in [-0.2, -0.15) is 0 Å². The Hall–Kier alpha value is -2.50. The Labute approximate surface area is 116 Å². The summed E-state index contributed by atoms with van der Waals surface area (Å²) < 4.78 is 1.44. The van der Waals surface area contributed by atoms with Crippen LogP contribution in [0.1, 0.15) is 34.7 Å². The fourth-order valence-electron chi connectivity index (χ4n) is 1.89. The highest BCUT2D eigenvalue weighted by molar-refractivity contribution is 5.94. The van der Waals surface area contributed by atoms with Crippen LogP contribution in [0.5, 0.6) is 0 Å². The van der Waals surface area contributed by atoms with Crippen LogP contribution in [-0.4, -0.2) is 27.2 Å². The van der Waals surface area contributed by atoms with E-state index in [9.17, 15) is 9.59 Å². The summed E-state index contributed by atoms with van der Waals surface area (Å²) in [5.74, 6) is -0.204. The van der Waals surface area contributed by atoms with Gasteiger partial charge >= 0.3 is 0 Å². The van der Waals surface area contributed by atoms with E-state index in [0.717, 1.165) is 11.3 Å². The van der Waals surface area contributed by atoms with Gasteiger partial charge in [0, 0.05) is 5.69 Å². The number of hydrogen-bond acceptors (Lipinski definition) is 4. The number of aromatic nitrogens is 3. The number of anilines is 1. The van der Waals surface area contributed by atoms with E-state index in [1.54, 1.807) is 13.8 Å². The number of hydrogen-bond donors (Lipinski definition) is 1. The highest BCUT2D eigenvalue weighted by Crippen LogP contribution is 2.17. The van der Waals surface area contributed by atoms with Crippen molar-refractivity contribution in [1.82, 2.24) is 15.0 Å². The van der Waals surface area contributed by atoms with Crippen LogP contribution in [0.4, 0.5) is 5.69 Å². The van der Waals surface area contributed by atoms with Gasteiger partial charge in [-0.3, -0.25) is 9.59 Å². The maximum atomic E-state index is 12.2. The van der Waals surface area contributed by atoms with Crippen molar-refractivity contribution in [3.63, 3.8) is 0 Å². The summed E-state index contributed by atoms with van der Waals surface area (Å²) >= 11 is 0. The number of nitrogens with zero attached hydrogens (tertiary/aromatic N) is 3. The van der Waals surface area contributed by atoms with E-state index in [2.05, 4.69) is 15.6 Å². The minimum atomic E-state index is -0.546. The van der Waals surface area contributed by atoms with Crippen LogP contribution >= 0.6 is 0 Å². The Morgan fingerprint density at radius 1 is 1.35 bits per heavy atom. The van der Waals surface area contributed by atoms with Crippen molar-refractivity contribution in [2.45, 2.75) is 26.8 Å². The molecule has 6 heteroatoms. The van der Waals surface area contributed by atoms with Crippen LogP contribution in [0.25, 0.3) is 0 Å². The van der Waals surface area contributed by atoms with Gasteiger partial charge in [-0.05, 0) is 32.4 Å².